The molecule has 2 heterocycles. The summed E-state index contributed by atoms with van der Waals surface area (Å²) in [5, 5.41) is 3.47. The number of furan rings is 1. The van der Waals surface area contributed by atoms with Crippen molar-refractivity contribution in [3.8, 4) is 16.7 Å². The molecule has 0 N–H and O–H groups in total. The largest absolute Gasteiger partial charge is 0.472 e. The Bertz CT molecular complexity index is 1170. The highest BCUT2D eigenvalue weighted by atomic mass is 32.2. The molecule has 0 aliphatic heterocycles. The highest BCUT2D eigenvalue weighted by molar-refractivity contribution is 7.43. The number of thiophene rings is 1. The van der Waals surface area contributed by atoms with Crippen LogP contribution in [0.5, 0.6) is 0 Å². The normalized spacial score (nSPS) is 13.4. The first-order valence-electron chi connectivity index (χ1n) is 8.91. The van der Waals surface area contributed by atoms with Crippen molar-refractivity contribution in [2.75, 3.05) is 0 Å². The molecule has 138 valence electrons. The molecule has 2 aromatic carbocycles. The van der Waals surface area contributed by atoms with Crippen LogP contribution in [0.25, 0.3) is 15.0 Å². The van der Waals surface area contributed by atoms with Gasteiger partial charge in [0.15, 0.2) is 15.2 Å². The third-order valence-corrected chi connectivity index (χ3v) is 6.65. The maximum absolute atomic E-state index is 12.7. The first-order valence-corrected chi connectivity index (χ1v) is 10.2. The second-order valence-electron chi connectivity index (χ2n) is 6.51. The zero-order chi connectivity index (χ0) is 19.6. The Morgan fingerprint density at radius 2 is 1.86 bits per heavy atom. The minimum atomic E-state index is -1.05. The van der Waals surface area contributed by atoms with E-state index in [1.807, 2.05) is 30.3 Å². The fourth-order valence-electron chi connectivity index (χ4n) is 3.15. The lowest BCUT2D eigenvalue weighted by Crippen LogP contribution is -2.27. The van der Waals surface area contributed by atoms with Crippen molar-refractivity contribution >= 4 is 26.5 Å². The molecule has 2 unspecified atom stereocenters. The Labute approximate surface area is 166 Å². The van der Waals surface area contributed by atoms with Crippen LogP contribution in [0.2, 0.25) is 0 Å². The molecule has 0 saturated carbocycles. The van der Waals surface area contributed by atoms with E-state index in [4.69, 9.17) is 9.15 Å². The van der Waals surface area contributed by atoms with Gasteiger partial charge >= 0.3 is 5.97 Å². The number of rotatable bonds is 4. The van der Waals surface area contributed by atoms with Crippen LogP contribution in [0.15, 0.2) is 83.0 Å². The predicted octanol–water partition coefficient (Wildman–Crippen LogP) is 6.27. The number of hydrogen-bond donors (Lipinski definition) is 0. The van der Waals surface area contributed by atoms with Crippen LogP contribution in [-0.2, 0) is 10.3 Å². The number of carbonyl (C=O) groups is 1. The summed E-state index contributed by atoms with van der Waals surface area (Å²) in [6.45, 7) is 3.48. The van der Waals surface area contributed by atoms with Crippen LogP contribution in [0.1, 0.15) is 29.8 Å². The maximum atomic E-state index is 12.7. The number of ether oxygens (including phenoxy) is 1. The standard InChI is InChI=1S/C24H19O3S/c1-3-14-24(2,20-12-15-26-17-20)27-23(25)19-8-10-21(11-9-19)28-16-13-18-6-4-5-7-22(18)28/h4-13,15-17H,1-2H3/q+1. The maximum Gasteiger partial charge on any atom is 0.339 e. The lowest BCUT2D eigenvalue weighted by molar-refractivity contribution is 0.0127. The Hall–Kier alpha value is -3.29. The topological polar surface area (TPSA) is 39.4 Å². The summed E-state index contributed by atoms with van der Waals surface area (Å²) >= 11 is 0. The van der Waals surface area contributed by atoms with Gasteiger partial charge < -0.3 is 9.15 Å². The summed E-state index contributed by atoms with van der Waals surface area (Å²) in [7, 11) is -0.101. The third-order valence-electron chi connectivity index (χ3n) is 4.62. The van der Waals surface area contributed by atoms with Crippen LogP contribution >= 0.6 is 10.5 Å². The second-order valence-corrected chi connectivity index (χ2v) is 8.37. The van der Waals surface area contributed by atoms with Gasteiger partial charge in [-0.2, -0.15) is 0 Å². The van der Waals surface area contributed by atoms with Crippen molar-refractivity contribution < 1.29 is 13.9 Å². The molecule has 0 spiro atoms. The highest BCUT2D eigenvalue weighted by Crippen LogP contribution is 2.39. The first kappa shape index (κ1) is 18.1. The minimum Gasteiger partial charge on any atom is -0.472 e. The summed E-state index contributed by atoms with van der Waals surface area (Å²) in [5.74, 6) is 5.39. The quantitative estimate of drug-likeness (QED) is 0.235. The molecule has 4 aromatic rings. The molecule has 4 heteroatoms. The smallest absolute Gasteiger partial charge is 0.339 e. The van der Waals surface area contributed by atoms with E-state index >= 15 is 0 Å². The molecule has 0 bridgehead atoms. The van der Waals surface area contributed by atoms with Crippen molar-refractivity contribution in [1.29, 1.82) is 0 Å². The SMILES string of the molecule is CC#CC(C)(OC(=O)c1ccc(-[s+]2ccc3ccccc32)cc1)c1ccoc1. The van der Waals surface area contributed by atoms with E-state index in [0.29, 0.717) is 11.1 Å². The van der Waals surface area contributed by atoms with Gasteiger partial charge in [-0.25, -0.2) is 4.79 Å². The predicted molar refractivity (Wildman–Crippen MR) is 113 cm³/mol. The molecular formula is C24H19O3S+. The summed E-state index contributed by atoms with van der Waals surface area (Å²) in [6.07, 6.45) is 3.09. The average molecular weight is 387 g/mol. The van der Waals surface area contributed by atoms with E-state index in [2.05, 4.69) is 41.5 Å². The zero-order valence-electron chi connectivity index (χ0n) is 15.6. The van der Waals surface area contributed by atoms with E-state index in [1.165, 1.54) is 15.0 Å². The fourth-order valence-corrected chi connectivity index (χ4v) is 5.04. The molecular weight excluding hydrogens is 368 g/mol. The van der Waals surface area contributed by atoms with Crippen LogP contribution in [0.3, 0.4) is 0 Å². The zero-order valence-corrected chi connectivity index (χ0v) is 16.5. The minimum absolute atomic E-state index is 0.101. The van der Waals surface area contributed by atoms with Gasteiger partial charge in [0, 0.05) is 27.5 Å². The van der Waals surface area contributed by atoms with Gasteiger partial charge in [0.1, 0.15) is 5.38 Å². The van der Waals surface area contributed by atoms with Crippen molar-refractivity contribution in [3.63, 3.8) is 0 Å². The Balaban J connectivity index is 1.60. The summed E-state index contributed by atoms with van der Waals surface area (Å²) < 4.78 is 12.2. The average Bonchev–Trinajstić information content (AvgIpc) is 3.39. The van der Waals surface area contributed by atoms with Gasteiger partial charge in [-0.1, -0.05) is 18.1 Å². The molecule has 3 nitrogen and oxygen atoms in total. The molecule has 28 heavy (non-hydrogen) atoms. The number of benzene rings is 2. The number of hydrogen-bond acceptors (Lipinski definition) is 3. The van der Waals surface area contributed by atoms with Gasteiger partial charge in [-0.05, 0) is 56.3 Å². The van der Waals surface area contributed by atoms with Crippen LogP contribution < -0.4 is 0 Å². The van der Waals surface area contributed by atoms with Crippen LogP contribution in [-0.4, -0.2) is 5.97 Å². The molecule has 0 aliphatic rings. The summed E-state index contributed by atoms with van der Waals surface area (Å²) in [4.78, 5) is 13.9. The summed E-state index contributed by atoms with van der Waals surface area (Å²) in [6, 6.07) is 19.9. The number of esters is 1. The van der Waals surface area contributed by atoms with Gasteiger partial charge in [-0.3, -0.25) is 0 Å². The van der Waals surface area contributed by atoms with E-state index < -0.39 is 11.6 Å². The van der Waals surface area contributed by atoms with Crippen molar-refractivity contribution in [1.82, 2.24) is 0 Å². The molecule has 0 saturated heterocycles. The van der Waals surface area contributed by atoms with Gasteiger partial charge in [0.2, 0.25) is 0 Å². The molecule has 2 aromatic heterocycles. The molecule has 2 atom stereocenters. The van der Waals surface area contributed by atoms with Crippen molar-refractivity contribution in [2.45, 2.75) is 19.4 Å². The molecule has 4 rings (SSSR count). The first-order chi connectivity index (χ1) is 13.6. The molecule has 0 aliphatic carbocycles. The lowest BCUT2D eigenvalue weighted by atomic mass is 9.99. The molecule has 0 amide bonds. The van der Waals surface area contributed by atoms with Gasteiger partial charge in [-0.15, -0.1) is 5.92 Å². The van der Waals surface area contributed by atoms with Gasteiger partial charge in [0.05, 0.1) is 18.1 Å². The lowest BCUT2D eigenvalue weighted by Gasteiger charge is -2.22. The molecule has 0 radical (unpaired) electrons. The Morgan fingerprint density at radius 1 is 1.07 bits per heavy atom. The third kappa shape index (κ3) is 3.33. The Kier molecular flexibility index (Phi) is 4.77. The van der Waals surface area contributed by atoms with Crippen LogP contribution in [0.4, 0.5) is 0 Å². The van der Waals surface area contributed by atoms with E-state index in [0.717, 1.165) is 0 Å². The number of fused-ring (bicyclic) bond motifs is 1. The highest BCUT2D eigenvalue weighted by Gasteiger charge is 2.31. The fraction of sp³-hybridized carbons (Fsp3) is 0.125. The monoisotopic (exact) mass is 387 g/mol. The van der Waals surface area contributed by atoms with Crippen LogP contribution in [0, 0.1) is 11.8 Å². The van der Waals surface area contributed by atoms with E-state index in [1.54, 1.807) is 32.4 Å². The summed E-state index contributed by atoms with van der Waals surface area (Å²) in [5.41, 5.74) is 0.157. The Morgan fingerprint density at radius 3 is 2.57 bits per heavy atom. The second kappa shape index (κ2) is 7.38. The van der Waals surface area contributed by atoms with Crippen molar-refractivity contribution in [2.24, 2.45) is 0 Å². The van der Waals surface area contributed by atoms with E-state index in [-0.39, 0.29) is 10.5 Å². The number of carbonyl (C=O) groups excluding carboxylic acids is 1. The molecule has 0 fully saturated rings. The van der Waals surface area contributed by atoms with Gasteiger partial charge in [0.25, 0.3) is 0 Å². The van der Waals surface area contributed by atoms with Crippen molar-refractivity contribution in [3.05, 3.63) is 89.7 Å². The van der Waals surface area contributed by atoms with E-state index in [9.17, 15) is 4.79 Å².